The zero-order valence-corrected chi connectivity index (χ0v) is 15.7. The van der Waals surface area contributed by atoms with Gasteiger partial charge in [-0.05, 0) is 12.1 Å². The summed E-state index contributed by atoms with van der Waals surface area (Å²) in [7, 11) is 1.36. The van der Waals surface area contributed by atoms with E-state index in [4.69, 9.17) is 4.74 Å². The van der Waals surface area contributed by atoms with Crippen molar-refractivity contribution in [3.63, 3.8) is 0 Å². The molecule has 0 atom stereocenters. The molecule has 0 spiro atoms. The minimum absolute atomic E-state index is 0.0523. The maximum atomic E-state index is 14.1. The smallest absolute Gasteiger partial charge is 0.328 e. The van der Waals surface area contributed by atoms with Crippen molar-refractivity contribution in [2.24, 2.45) is 0 Å². The number of rotatable bonds is 6. The van der Waals surface area contributed by atoms with Crippen molar-refractivity contribution in [1.29, 1.82) is 0 Å². The molecule has 0 radical (unpaired) electrons. The molecule has 154 valence electrons. The zero-order valence-electron chi connectivity index (χ0n) is 15.7. The highest BCUT2D eigenvalue weighted by Crippen LogP contribution is 2.35. The molecule has 10 heteroatoms. The molecule has 8 nitrogen and oxygen atoms in total. The Morgan fingerprint density at radius 1 is 1.17 bits per heavy atom. The number of carbonyl (C=O) groups is 1. The number of halogens is 2. The summed E-state index contributed by atoms with van der Waals surface area (Å²) in [5, 5.41) is 13.8. The van der Waals surface area contributed by atoms with Gasteiger partial charge < -0.3 is 15.0 Å². The van der Waals surface area contributed by atoms with E-state index in [0.717, 1.165) is 6.07 Å². The van der Waals surface area contributed by atoms with Crippen molar-refractivity contribution < 1.29 is 23.2 Å². The molecular weight excluding hydrogens is 386 g/mol. The second-order valence-corrected chi connectivity index (χ2v) is 6.53. The summed E-state index contributed by atoms with van der Waals surface area (Å²) in [6.07, 6.45) is 0. The van der Waals surface area contributed by atoms with Crippen LogP contribution in [0.15, 0.2) is 36.4 Å². The molecule has 0 bridgehead atoms. The summed E-state index contributed by atoms with van der Waals surface area (Å²) in [4.78, 5) is 26.2. The van der Waals surface area contributed by atoms with Crippen LogP contribution < -0.4 is 15.0 Å². The van der Waals surface area contributed by atoms with Gasteiger partial charge >= 0.3 is 5.69 Å². The van der Waals surface area contributed by atoms with Gasteiger partial charge in [-0.2, -0.15) is 4.39 Å². The van der Waals surface area contributed by atoms with Crippen LogP contribution in [0.1, 0.15) is 0 Å². The summed E-state index contributed by atoms with van der Waals surface area (Å²) in [6, 6.07) is 8.30. The number of carbonyl (C=O) groups excluding carboxylic acids is 1. The van der Waals surface area contributed by atoms with E-state index in [0.29, 0.717) is 26.2 Å². The van der Waals surface area contributed by atoms with Crippen molar-refractivity contribution in [3.8, 4) is 5.75 Å². The van der Waals surface area contributed by atoms with Gasteiger partial charge in [0, 0.05) is 38.3 Å². The largest absolute Gasteiger partial charge is 0.497 e. The molecule has 1 aliphatic rings. The molecular formula is C19H20F2N4O4. The minimum Gasteiger partial charge on any atom is -0.497 e. The average molecular weight is 406 g/mol. The van der Waals surface area contributed by atoms with Crippen LogP contribution in [0.3, 0.4) is 0 Å². The number of nitro benzene ring substituents is 1. The number of anilines is 2. The second kappa shape index (κ2) is 8.82. The molecule has 3 rings (SSSR count). The SMILES string of the molecule is COc1cc(F)c([N+](=O)[O-])c(N2CCN(CC(=O)Nc3ccccc3F)CC2)c1. The Morgan fingerprint density at radius 2 is 1.86 bits per heavy atom. The predicted molar refractivity (Wildman–Crippen MR) is 103 cm³/mol. The number of ether oxygens (including phenoxy) is 1. The number of nitrogens with one attached hydrogen (secondary N) is 1. The van der Waals surface area contributed by atoms with E-state index in [1.165, 1.54) is 31.4 Å². The lowest BCUT2D eigenvalue weighted by molar-refractivity contribution is -0.386. The minimum atomic E-state index is -0.962. The van der Waals surface area contributed by atoms with Crippen LogP contribution >= 0.6 is 0 Å². The Kier molecular flexibility index (Phi) is 6.23. The number of amides is 1. The van der Waals surface area contributed by atoms with Gasteiger partial charge in [-0.3, -0.25) is 19.8 Å². The molecule has 1 aliphatic heterocycles. The molecule has 2 aromatic carbocycles. The Labute approximate surface area is 165 Å². The van der Waals surface area contributed by atoms with Crippen LogP contribution in [-0.4, -0.2) is 55.6 Å². The van der Waals surface area contributed by atoms with Crippen molar-refractivity contribution >= 4 is 23.0 Å². The zero-order chi connectivity index (χ0) is 21.0. The molecule has 0 aromatic heterocycles. The fourth-order valence-electron chi connectivity index (χ4n) is 3.20. The number of methoxy groups -OCH3 is 1. The maximum absolute atomic E-state index is 14.1. The highest BCUT2D eigenvalue weighted by Gasteiger charge is 2.29. The van der Waals surface area contributed by atoms with Crippen LogP contribution in [0.25, 0.3) is 0 Å². The van der Waals surface area contributed by atoms with E-state index in [1.54, 1.807) is 11.0 Å². The van der Waals surface area contributed by atoms with Crippen LogP contribution in [0.2, 0.25) is 0 Å². The quantitative estimate of drug-likeness (QED) is 0.586. The van der Waals surface area contributed by atoms with Gasteiger partial charge in [-0.15, -0.1) is 0 Å². The first-order valence-corrected chi connectivity index (χ1v) is 8.92. The standard InChI is InChI=1S/C19H20F2N4O4/c1-29-13-10-15(21)19(25(27)28)17(11-13)24-8-6-23(7-9-24)12-18(26)22-16-5-3-2-4-14(16)20/h2-5,10-11H,6-9,12H2,1H3,(H,22,26). The lowest BCUT2D eigenvalue weighted by atomic mass is 10.2. The van der Waals surface area contributed by atoms with Gasteiger partial charge in [0.15, 0.2) is 0 Å². The number of nitro groups is 1. The summed E-state index contributed by atoms with van der Waals surface area (Å²) >= 11 is 0. The second-order valence-electron chi connectivity index (χ2n) is 6.53. The first kappa shape index (κ1) is 20.5. The summed E-state index contributed by atoms with van der Waals surface area (Å²) in [5.41, 5.74) is -0.350. The van der Waals surface area contributed by atoms with Crippen LogP contribution in [0.4, 0.5) is 25.8 Å². The Balaban J connectivity index is 1.63. The number of hydrogen-bond acceptors (Lipinski definition) is 6. The lowest BCUT2D eigenvalue weighted by Gasteiger charge is -2.35. The molecule has 1 heterocycles. The number of nitrogens with zero attached hydrogens (tertiary/aromatic N) is 3. The number of benzene rings is 2. The van der Waals surface area contributed by atoms with E-state index in [9.17, 15) is 23.7 Å². The molecule has 1 amide bonds. The van der Waals surface area contributed by atoms with E-state index in [2.05, 4.69) is 5.32 Å². The summed E-state index contributed by atoms with van der Waals surface area (Å²) < 4.78 is 32.8. The van der Waals surface area contributed by atoms with Gasteiger partial charge in [-0.1, -0.05) is 12.1 Å². The molecule has 0 saturated carbocycles. The Morgan fingerprint density at radius 3 is 2.48 bits per heavy atom. The Hall–Kier alpha value is -3.27. The first-order valence-electron chi connectivity index (χ1n) is 8.92. The van der Waals surface area contributed by atoms with Crippen LogP contribution in [0, 0.1) is 21.7 Å². The summed E-state index contributed by atoms with van der Waals surface area (Å²) in [6.45, 7) is 1.64. The highest BCUT2D eigenvalue weighted by molar-refractivity contribution is 5.92. The first-order chi connectivity index (χ1) is 13.9. The average Bonchev–Trinajstić information content (AvgIpc) is 2.69. The van der Waals surface area contributed by atoms with Gasteiger partial charge in [-0.25, -0.2) is 4.39 Å². The summed E-state index contributed by atoms with van der Waals surface area (Å²) in [5.74, 6) is -1.65. The van der Waals surface area contributed by atoms with Gasteiger partial charge in [0.2, 0.25) is 11.7 Å². The van der Waals surface area contributed by atoms with Crippen molar-refractivity contribution in [1.82, 2.24) is 4.90 Å². The molecule has 0 unspecified atom stereocenters. The topological polar surface area (TPSA) is 88.0 Å². The predicted octanol–water partition coefficient (Wildman–Crippen LogP) is 2.64. The van der Waals surface area contributed by atoms with E-state index < -0.39 is 22.2 Å². The lowest BCUT2D eigenvalue weighted by Crippen LogP contribution is -2.48. The third-order valence-corrected chi connectivity index (χ3v) is 4.66. The van der Waals surface area contributed by atoms with E-state index in [1.807, 2.05) is 4.90 Å². The van der Waals surface area contributed by atoms with Crippen molar-refractivity contribution in [3.05, 3.63) is 58.1 Å². The van der Waals surface area contributed by atoms with Crippen LogP contribution in [-0.2, 0) is 4.79 Å². The molecule has 2 aromatic rings. The maximum Gasteiger partial charge on any atom is 0.328 e. The van der Waals surface area contributed by atoms with Crippen LogP contribution in [0.5, 0.6) is 5.75 Å². The molecule has 1 N–H and O–H groups in total. The number of hydrogen-bond donors (Lipinski definition) is 1. The van der Waals surface area contributed by atoms with Gasteiger partial charge in [0.1, 0.15) is 17.3 Å². The third kappa shape index (κ3) is 4.77. The fourth-order valence-corrected chi connectivity index (χ4v) is 3.20. The Bertz CT molecular complexity index is 917. The molecule has 1 saturated heterocycles. The molecule has 1 fully saturated rings. The molecule has 0 aliphatic carbocycles. The van der Waals surface area contributed by atoms with E-state index >= 15 is 0 Å². The normalized spacial score (nSPS) is 14.5. The van der Waals surface area contributed by atoms with Crippen molar-refractivity contribution in [2.45, 2.75) is 0 Å². The fraction of sp³-hybridized carbons (Fsp3) is 0.316. The number of piperazine rings is 1. The third-order valence-electron chi connectivity index (χ3n) is 4.66. The van der Waals surface area contributed by atoms with E-state index in [-0.39, 0.29) is 29.6 Å². The molecule has 29 heavy (non-hydrogen) atoms. The monoisotopic (exact) mass is 406 g/mol. The highest BCUT2D eigenvalue weighted by atomic mass is 19.1. The van der Waals surface area contributed by atoms with Crippen molar-refractivity contribution in [2.75, 3.05) is 50.1 Å². The van der Waals surface area contributed by atoms with Gasteiger partial charge in [0.05, 0.1) is 24.3 Å². The van der Waals surface area contributed by atoms with Gasteiger partial charge in [0.25, 0.3) is 0 Å². The number of para-hydroxylation sites is 1.